The van der Waals surface area contributed by atoms with E-state index in [1.807, 2.05) is 0 Å². The van der Waals surface area contributed by atoms with Crippen LogP contribution in [0.4, 0.5) is 34.1 Å². The van der Waals surface area contributed by atoms with E-state index < -0.39 is 0 Å². The van der Waals surface area contributed by atoms with Gasteiger partial charge in [0.25, 0.3) is 0 Å². The highest BCUT2D eigenvalue weighted by Gasteiger charge is 2.15. The van der Waals surface area contributed by atoms with Crippen molar-refractivity contribution >= 4 is 170 Å². The van der Waals surface area contributed by atoms with E-state index in [0.717, 1.165) is 45.3 Å². The molecule has 0 saturated carbocycles. The van der Waals surface area contributed by atoms with Gasteiger partial charge in [-0.1, -0.05) is 97.1 Å². The Bertz CT molecular complexity index is 2620. The van der Waals surface area contributed by atoms with Crippen molar-refractivity contribution in [1.82, 2.24) is 0 Å². The molecule has 0 bridgehead atoms. The van der Waals surface area contributed by atoms with E-state index in [4.69, 9.17) is 0 Å². The van der Waals surface area contributed by atoms with Gasteiger partial charge in [0.05, 0.1) is 0 Å². The quantitative estimate of drug-likeness (QED) is 0.0765. The molecule has 60 heavy (non-hydrogen) atoms. The SMILES string of the molecule is Ic1ccc(N(c2ccc(I)cc2)c2ccc(C=Cc3c4ccccc4c(C=Cc4ccc(N(c5ccc(I)cc5)c5ccc(I)cc5)cc4)c4ccccc34)cc2)cc1. The third-order valence-electron chi connectivity index (χ3n) is 10.5. The lowest BCUT2D eigenvalue weighted by atomic mass is 9.91. The molecule has 0 fully saturated rings. The first-order valence-corrected chi connectivity index (χ1v) is 23.8. The molecule has 0 radical (unpaired) electrons. The Morgan fingerprint density at radius 3 is 0.700 bits per heavy atom. The summed E-state index contributed by atoms with van der Waals surface area (Å²) in [6.45, 7) is 0. The first-order valence-electron chi connectivity index (χ1n) is 19.5. The minimum absolute atomic E-state index is 1.12. The maximum absolute atomic E-state index is 2.36. The van der Waals surface area contributed by atoms with Crippen LogP contribution in [-0.2, 0) is 0 Å². The molecule has 0 N–H and O–H groups in total. The zero-order chi connectivity index (χ0) is 41.0. The topological polar surface area (TPSA) is 6.48 Å². The van der Waals surface area contributed by atoms with Crippen LogP contribution in [0.25, 0.3) is 45.8 Å². The molecule has 0 spiro atoms. The highest BCUT2D eigenvalue weighted by Crippen LogP contribution is 2.39. The second-order valence-electron chi connectivity index (χ2n) is 14.3. The van der Waals surface area contributed by atoms with E-state index in [2.05, 4.69) is 319 Å². The summed E-state index contributed by atoms with van der Waals surface area (Å²) in [6.07, 6.45) is 9.06. The Kier molecular flexibility index (Phi) is 12.7. The molecule has 9 aromatic carbocycles. The predicted octanol–water partition coefficient (Wildman–Crippen LogP) is 17.7. The van der Waals surface area contributed by atoms with Gasteiger partial charge in [-0.2, -0.15) is 0 Å². The predicted molar refractivity (Wildman–Crippen MR) is 292 cm³/mol. The highest BCUT2D eigenvalue weighted by molar-refractivity contribution is 14.1. The number of fused-ring (bicyclic) bond motifs is 2. The molecule has 290 valence electrons. The first-order chi connectivity index (χ1) is 29.4. The average molecular weight is 1220 g/mol. The van der Waals surface area contributed by atoms with E-state index in [-0.39, 0.29) is 0 Å². The normalized spacial score (nSPS) is 11.5. The molecule has 0 aliphatic rings. The second kappa shape index (κ2) is 18.6. The van der Waals surface area contributed by atoms with E-state index >= 15 is 0 Å². The first kappa shape index (κ1) is 40.9. The Balaban J connectivity index is 1.03. The van der Waals surface area contributed by atoms with Crippen molar-refractivity contribution in [2.24, 2.45) is 0 Å². The summed E-state index contributed by atoms with van der Waals surface area (Å²) in [7, 11) is 0. The highest BCUT2D eigenvalue weighted by atomic mass is 127. The molecule has 0 unspecified atom stereocenters. The van der Waals surface area contributed by atoms with Crippen LogP contribution < -0.4 is 9.80 Å². The molecular weight excluding hydrogens is 1180 g/mol. The van der Waals surface area contributed by atoms with Crippen LogP contribution in [0.5, 0.6) is 0 Å². The number of benzene rings is 9. The van der Waals surface area contributed by atoms with Gasteiger partial charge in [0.2, 0.25) is 0 Å². The summed E-state index contributed by atoms with van der Waals surface area (Å²) < 4.78 is 4.87. The monoisotopic (exact) mass is 1220 g/mol. The van der Waals surface area contributed by atoms with Gasteiger partial charge in [0.1, 0.15) is 0 Å². The number of hydrogen-bond acceptors (Lipinski definition) is 2. The molecular formula is C54H36I4N2. The van der Waals surface area contributed by atoms with E-state index in [0.29, 0.717) is 0 Å². The van der Waals surface area contributed by atoms with Crippen LogP contribution in [0.15, 0.2) is 194 Å². The third-order valence-corrected chi connectivity index (χ3v) is 13.4. The van der Waals surface area contributed by atoms with Gasteiger partial charge in [0.15, 0.2) is 0 Å². The van der Waals surface area contributed by atoms with Gasteiger partial charge >= 0.3 is 0 Å². The van der Waals surface area contributed by atoms with Crippen LogP contribution in [-0.4, -0.2) is 0 Å². The number of rotatable bonds is 10. The Hall–Kier alpha value is -4.50. The van der Waals surface area contributed by atoms with Crippen LogP contribution in [0.1, 0.15) is 22.3 Å². The maximum Gasteiger partial charge on any atom is 0.0462 e. The zero-order valence-corrected chi connectivity index (χ0v) is 40.8. The zero-order valence-electron chi connectivity index (χ0n) is 32.2. The lowest BCUT2D eigenvalue weighted by Gasteiger charge is -2.25. The van der Waals surface area contributed by atoms with Crippen molar-refractivity contribution in [1.29, 1.82) is 0 Å². The third kappa shape index (κ3) is 9.07. The summed E-state index contributed by atoms with van der Waals surface area (Å²) >= 11 is 9.46. The summed E-state index contributed by atoms with van der Waals surface area (Å²) in [5, 5.41) is 4.92. The van der Waals surface area contributed by atoms with E-state index in [1.165, 1.54) is 47.0 Å². The van der Waals surface area contributed by atoms with Crippen LogP contribution in [0, 0.1) is 14.3 Å². The molecule has 0 aliphatic carbocycles. The van der Waals surface area contributed by atoms with Crippen LogP contribution >= 0.6 is 90.4 Å². The Labute approximate surface area is 406 Å². The number of halogens is 4. The minimum Gasteiger partial charge on any atom is -0.311 e. The van der Waals surface area contributed by atoms with Crippen molar-refractivity contribution < 1.29 is 0 Å². The summed E-state index contributed by atoms with van der Waals surface area (Å²) in [6, 6.07) is 70.1. The van der Waals surface area contributed by atoms with Crippen LogP contribution in [0.3, 0.4) is 0 Å². The molecule has 9 rings (SSSR count). The Morgan fingerprint density at radius 1 is 0.250 bits per heavy atom. The second-order valence-corrected chi connectivity index (χ2v) is 19.3. The van der Waals surface area contributed by atoms with Gasteiger partial charge in [-0.3, -0.25) is 0 Å². The fourth-order valence-electron chi connectivity index (χ4n) is 7.64. The number of hydrogen-bond donors (Lipinski definition) is 0. The molecule has 6 heteroatoms. The molecule has 0 saturated heterocycles. The molecule has 0 heterocycles. The maximum atomic E-state index is 2.36. The fourth-order valence-corrected chi connectivity index (χ4v) is 9.08. The molecule has 0 amide bonds. The largest absolute Gasteiger partial charge is 0.311 e. The van der Waals surface area contributed by atoms with Gasteiger partial charge in [-0.15, -0.1) is 0 Å². The van der Waals surface area contributed by atoms with Gasteiger partial charge < -0.3 is 9.80 Å². The molecule has 9 aromatic rings. The minimum atomic E-state index is 1.12. The van der Waals surface area contributed by atoms with Crippen molar-refractivity contribution in [2.75, 3.05) is 9.80 Å². The van der Waals surface area contributed by atoms with E-state index in [1.54, 1.807) is 0 Å². The van der Waals surface area contributed by atoms with Crippen molar-refractivity contribution in [2.45, 2.75) is 0 Å². The average Bonchev–Trinajstić information content (AvgIpc) is 3.28. The lowest BCUT2D eigenvalue weighted by molar-refractivity contribution is 1.28. The van der Waals surface area contributed by atoms with E-state index in [9.17, 15) is 0 Å². The number of anilines is 6. The molecule has 0 aromatic heterocycles. The van der Waals surface area contributed by atoms with Crippen molar-refractivity contribution in [3.05, 3.63) is 231 Å². The van der Waals surface area contributed by atoms with Crippen molar-refractivity contribution in [3.8, 4) is 0 Å². The van der Waals surface area contributed by atoms with Gasteiger partial charge in [0, 0.05) is 48.4 Å². The fraction of sp³-hybridized carbons (Fsp3) is 0. The van der Waals surface area contributed by atoms with Gasteiger partial charge in [-0.25, -0.2) is 0 Å². The smallest absolute Gasteiger partial charge is 0.0462 e. The summed E-state index contributed by atoms with van der Waals surface area (Å²) in [5.41, 5.74) is 11.5. The summed E-state index contributed by atoms with van der Waals surface area (Å²) in [5.74, 6) is 0. The van der Waals surface area contributed by atoms with Crippen LogP contribution in [0.2, 0.25) is 0 Å². The van der Waals surface area contributed by atoms with Gasteiger partial charge in [-0.05, 0) is 255 Å². The summed E-state index contributed by atoms with van der Waals surface area (Å²) in [4.78, 5) is 4.62. The Morgan fingerprint density at radius 2 is 0.467 bits per heavy atom. The molecule has 0 atom stereocenters. The molecule has 0 aliphatic heterocycles. The lowest BCUT2D eigenvalue weighted by Crippen LogP contribution is -2.09. The number of nitrogens with zero attached hydrogens (tertiary/aromatic N) is 2. The van der Waals surface area contributed by atoms with Crippen molar-refractivity contribution in [3.63, 3.8) is 0 Å². The standard InChI is InChI=1S/C54H36I4N2/c55-39-15-27-45(28-16-39)59(46-29-17-40(56)18-30-46)43-23-9-37(10-24-43)13-35-53-49-5-1-2-6-50(49)54(52-8-4-3-7-51(52)53)36-14-38-11-25-44(26-12-38)60(47-31-19-41(57)20-32-47)48-33-21-42(58)22-34-48/h1-36H. The molecule has 2 nitrogen and oxygen atoms in total.